The van der Waals surface area contributed by atoms with Crippen molar-refractivity contribution in [3.8, 4) is 0 Å². The van der Waals surface area contributed by atoms with Crippen LogP contribution >= 0.6 is 23.2 Å². The Morgan fingerprint density at radius 3 is 2.67 bits per heavy atom. The lowest BCUT2D eigenvalue weighted by atomic mass is 10.0. The maximum Gasteiger partial charge on any atom is 0.0825 e. The predicted molar refractivity (Wildman–Crippen MR) is 80.0 cm³/mol. The molecule has 0 atom stereocenters. The van der Waals surface area contributed by atoms with Gasteiger partial charge >= 0.3 is 0 Å². The second-order valence-corrected chi connectivity index (χ2v) is 5.57. The summed E-state index contributed by atoms with van der Waals surface area (Å²) in [5, 5.41) is 4.90. The van der Waals surface area contributed by atoms with Crippen LogP contribution in [0.25, 0.3) is 0 Å². The minimum Gasteiger partial charge on any atom is -0.370 e. The summed E-state index contributed by atoms with van der Waals surface area (Å²) in [6.07, 6.45) is 3.53. The van der Waals surface area contributed by atoms with Gasteiger partial charge in [0.15, 0.2) is 0 Å². The SMILES string of the molecule is CCCNC1CCN(c2cccc(Cl)c2Cl)CC1. The minimum atomic E-state index is 0.639. The quantitative estimate of drug-likeness (QED) is 0.901. The fraction of sp³-hybridized carbons (Fsp3) is 0.571. The van der Waals surface area contributed by atoms with E-state index in [1.165, 1.54) is 19.3 Å². The number of rotatable bonds is 4. The number of piperidine rings is 1. The molecule has 100 valence electrons. The number of nitrogens with zero attached hydrogens (tertiary/aromatic N) is 1. The van der Waals surface area contributed by atoms with Crippen molar-refractivity contribution in [3.63, 3.8) is 0 Å². The Hall–Kier alpha value is -0.440. The van der Waals surface area contributed by atoms with Crippen molar-refractivity contribution >= 4 is 28.9 Å². The van der Waals surface area contributed by atoms with Crippen LogP contribution in [-0.2, 0) is 0 Å². The van der Waals surface area contributed by atoms with Gasteiger partial charge in [-0.05, 0) is 37.9 Å². The lowest BCUT2D eigenvalue weighted by Crippen LogP contribution is -2.42. The van der Waals surface area contributed by atoms with Crippen LogP contribution < -0.4 is 10.2 Å². The number of anilines is 1. The summed E-state index contributed by atoms with van der Waals surface area (Å²) < 4.78 is 0. The monoisotopic (exact) mass is 286 g/mol. The summed E-state index contributed by atoms with van der Waals surface area (Å²) in [6, 6.07) is 6.50. The topological polar surface area (TPSA) is 15.3 Å². The maximum absolute atomic E-state index is 6.26. The van der Waals surface area contributed by atoms with Gasteiger partial charge in [0, 0.05) is 19.1 Å². The van der Waals surface area contributed by atoms with Gasteiger partial charge in [0.25, 0.3) is 0 Å². The normalized spacial score (nSPS) is 17.2. The number of nitrogens with one attached hydrogen (secondary N) is 1. The summed E-state index contributed by atoms with van der Waals surface area (Å²) in [5.74, 6) is 0. The van der Waals surface area contributed by atoms with Gasteiger partial charge in [-0.3, -0.25) is 0 Å². The second-order valence-electron chi connectivity index (χ2n) is 4.79. The molecule has 1 heterocycles. The number of hydrogen-bond donors (Lipinski definition) is 1. The number of benzene rings is 1. The molecule has 1 aliphatic rings. The second kappa shape index (κ2) is 6.65. The van der Waals surface area contributed by atoms with E-state index in [4.69, 9.17) is 23.2 Å². The van der Waals surface area contributed by atoms with E-state index in [2.05, 4.69) is 17.1 Å². The first-order valence-corrected chi connectivity index (χ1v) is 7.40. The smallest absolute Gasteiger partial charge is 0.0825 e. The highest BCUT2D eigenvalue weighted by atomic mass is 35.5. The van der Waals surface area contributed by atoms with E-state index >= 15 is 0 Å². The molecular weight excluding hydrogens is 267 g/mol. The van der Waals surface area contributed by atoms with Crippen LogP contribution in [0.3, 0.4) is 0 Å². The fourth-order valence-corrected chi connectivity index (χ4v) is 2.82. The molecule has 4 heteroatoms. The third-order valence-corrected chi connectivity index (χ3v) is 4.26. The average molecular weight is 287 g/mol. The molecule has 1 aromatic carbocycles. The summed E-state index contributed by atoms with van der Waals surface area (Å²) in [6.45, 7) is 5.40. The Labute approximate surface area is 119 Å². The van der Waals surface area contributed by atoms with Crippen LogP contribution in [0.5, 0.6) is 0 Å². The maximum atomic E-state index is 6.26. The highest BCUT2D eigenvalue weighted by Crippen LogP contribution is 2.33. The first-order chi connectivity index (χ1) is 8.72. The molecule has 1 aromatic rings. The molecule has 0 radical (unpaired) electrons. The zero-order valence-electron chi connectivity index (χ0n) is 10.8. The molecule has 1 saturated heterocycles. The molecule has 1 aliphatic heterocycles. The third-order valence-electron chi connectivity index (χ3n) is 3.45. The first kappa shape index (κ1) is 14.0. The molecule has 0 saturated carbocycles. The Balaban J connectivity index is 1.95. The Morgan fingerprint density at radius 1 is 1.28 bits per heavy atom. The van der Waals surface area contributed by atoms with Crippen LogP contribution in [0.15, 0.2) is 18.2 Å². The van der Waals surface area contributed by atoms with Crippen molar-refractivity contribution < 1.29 is 0 Å². The predicted octanol–water partition coefficient (Wildman–Crippen LogP) is 3.96. The molecule has 0 aliphatic carbocycles. The van der Waals surface area contributed by atoms with E-state index in [-0.39, 0.29) is 0 Å². The van der Waals surface area contributed by atoms with E-state index in [0.29, 0.717) is 16.1 Å². The zero-order chi connectivity index (χ0) is 13.0. The molecule has 0 unspecified atom stereocenters. The van der Waals surface area contributed by atoms with Crippen molar-refractivity contribution in [2.24, 2.45) is 0 Å². The largest absolute Gasteiger partial charge is 0.370 e. The van der Waals surface area contributed by atoms with Crippen LogP contribution in [-0.4, -0.2) is 25.7 Å². The number of hydrogen-bond acceptors (Lipinski definition) is 2. The van der Waals surface area contributed by atoms with E-state index in [1.54, 1.807) is 0 Å². The lowest BCUT2D eigenvalue weighted by Gasteiger charge is -2.34. The van der Waals surface area contributed by atoms with E-state index in [0.717, 1.165) is 25.3 Å². The van der Waals surface area contributed by atoms with E-state index < -0.39 is 0 Å². The summed E-state index contributed by atoms with van der Waals surface area (Å²) >= 11 is 12.3. The van der Waals surface area contributed by atoms with Gasteiger partial charge in [0.05, 0.1) is 15.7 Å². The summed E-state index contributed by atoms with van der Waals surface area (Å²) in [4.78, 5) is 2.33. The van der Waals surface area contributed by atoms with Gasteiger partial charge in [-0.2, -0.15) is 0 Å². The third kappa shape index (κ3) is 3.31. The fourth-order valence-electron chi connectivity index (χ4n) is 2.41. The van der Waals surface area contributed by atoms with Gasteiger partial charge in [0.2, 0.25) is 0 Å². The number of halogens is 2. The molecule has 2 rings (SSSR count). The Morgan fingerprint density at radius 2 is 2.00 bits per heavy atom. The molecule has 0 amide bonds. The van der Waals surface area contributed by atoms with Crippen LogP contribution in [0.2, 0.25) is 10.0 Å². The van der Waals surface area contributed by atoms with Crippen molar-refractivity contribution in [2.75, 3.05) is 24.5 Å². The first-order valence-electron chi connectivity index (χ1n) is 6.64. The van der Waals surface area contributed by atoms with Crippen molar-refractivity contribution in [3.05, 3.63) is 28.2 Å². The van der Waals surface area contributed by atoms with Crippen molar-refractivity contribution in [2.45, 2.75) is 32.2 Å². The molecule has 1 fully saturated rings. The zero-order valence-corrected chi connectivity index (χ0v) is 12.3. The van der Waals surface area contributed by atoms with E-state index in [1.807, 2.05) is 18.2 Å². The summed E-state index contributed by atoms with van der Waals surface area (Å²) in [7, 11) is 0. The van der Waals surface area contributed by atoms with Gasteiger partial charge in [-0.15, -0.1) is 0 Å². The molecule has 2 nitrogen and oxygen atoms in total. The average Bonchev–Trinajstić information content (AvgIpc) is 2.40. The molecule has 0 aromatic heterocycles. The molecule has 18 heavy (non-hydrogen) atoms. The molecule has 0 bridgehead atoms. The Bertz CT molecular complexity index is 387. The van der Waals surface area contributed by atoms with Crippen molar-refractivity contribution in [1.29, 1.82) is 0 Å². The van der Waals surface area contributed by atoms with Gasteiger partial charge < -0.3 is 10.2 Å². The van der Waals surface area contributed by atoms with Gasteiger partial charge in [0.1, 0.15) is 0 Å². The summed E-state index contributed by atoms with van der Waals surface area (Å²) in [5.41, 5.74) is 1.07. The standard InChI is InChI=1S/C14H20Cl2N2/c1-2-8-17-11-6-9-18(10-7-11)13-5-3-4-12(15)14(13)16/h3-5,11,17H,2,6-10H2,1H3. The Kier molecular flexibility index (Phi) is 5.16. The van der Waals surface area contributed by atoms with Crippen LogP contribution in [0, 0.1) is 0 Å². The molecule has 1 N–H and O–H groups in total. The molecule has 0 spiro atoms. The van der Waals surface area contributed by atoms with E-state index in [9.17, 15) is 0 Å². The minimum absolute atomic E-state index is 0.639. The molecular formula is C14H20Cl2N2. The van der Waals surface area contributed by atoms with Crippen molar-refractivity contribution in [1.82, 2.24) is 5.32 Å². The lowest BCUT2D eigenvalue weighted by molar-refractivity contribution is 0.416. The van der Waals surface area contributed by atoms with Gasteiger partial charge in [-0.1, -0.05) is 36.2 Å². The van der Waals surface area contributed by atoms with Crippen LogP contribution in [0.1, 0.15) is 26.2 Å². The van der Waals surface area contributed by atoms with Gasteiger partial charge in [-0.25, -0.2) is 0 Å². The van der Waals surface area contributed by atoms with Crippen LogP contribution in [0.4, 0.5) is 5.69 Å². The highest BCUT2D eigenvalue weighted by Gasteiger charge is 2.20. The highest BCUT2D eigenvalue weighted by molar-refractivity contribution is 6.43.